The molecule has 0 N–H and O–H groups in total. The van der Waals surface area contributed by atoms with Crippen molar-refractivity contribution >= 4 is 11.9 Å². The average molecular weight is 322 g/mol. The fourth-order valence-corrected chi connectivity index (χ4v) is 2.42. The predicted octanol–water partition coefficient (Wildman–Crippen LogP) is 1.33. The Bertz CT molecular complexity index is 637. The summed E-state index contributed by atoms with van der Waals surface area (Å²) in [5.41, 5.74) is -0.566. The lowest BCUT2D eigenvalue weighted by atomic mass is 9.90. The van der Waals surface area contributed by atoms with Crippen LogP contribution in [0.15, 0.2) is 18.2 Å². The molecule has 124 valence electrons. The Morgan fingerprint density at radius 1 is 1.26 bits per heavy atom. The number of hydrogen-bond acceptors (Lipinski definition) is 7. The van der Waals surface area contributed by atoms with Crippen LogP contribution < -0.4 is 14.2 Å². The fourth-order valence-electron chi connectivity index (χ4n) is 2.42. The second-order valence-electron chi connectivity index (χ2n) is 6.14. The van der Waals surface area contributed by atoms with Gasteiger partial charge in [0.1, 0.15) is 19.0 Å². The first-order valence-corrected chi connectivity index (χ1v) is 7.25. The van der Waals surface area contributed by atoms with Crippen LogP contribution in [0.4, 0.5) is 0 Å². The molecule has 0 bridgehead atoms. The number of methoxy groups -OCH3 is 1. The van der Waals surface area contributed by atoms with Crippen molar-refractivity contribution < 1.29 is 33.3 Å². The number of benzene rings is 1. The fraction of sp³-hybridized carbons (Fsp3) is 0.500. The third-order valence-corrected chi connectivity index (χ3v) is 3.82. The van der Waals surface area contributed by atoms with Crippen molar-refractivity contribution in [1.82, 2.24) is 0 Å². The average Bonchev–Trinajstić information content (AvgIpc) is 2.80. The lowest BCUT2D eigenvalue weighted by molar-refractivity contribution is -0.170. The van der Waals surface area contributed by atoms with Crippen LogP contribution in [0.5, 0.6) is 17.2 Å². The molecule has 0 aliphatic carbocycles. The molecule has 3 rings (SSSR count). The first-order valence-electron chi connectivity index (χ1n) is 7.25. The van der Waals surface area contributed by atoms with Gasteiger partial charge in [0, 0.05) is 11.5 Å². The molecule has 1 aromatic carbocycles. The Labute approximate surface area is 133 Å². The van der Waals surface area contributed by atoms with Gasteiger partial charge in [-0.05, 0) is 12.1 Å². The number of hydrogen-bond donors (Lipinski definition) is 0. The van der Waals surface area contributed by atoms with E-state index in [1.165, 1.54) is 7.11 Å². The second kappa shape index (κ2) is 5.64. The van der Waals surface area contributed by atoms with Gasteiger partial charge < -0.3 is 23.7 Å². The van der Waals surface area contributed by atoms with Gasteiger partial charge in [-0.25, -0.2) is 9.59 Å². The van der Waals surface area contributed by atoms with Crippen molar-refractivity contribution in [2.24, 2.45) is 5.41 Å². The van der Waals surface area contributed by atoms with Crippen LogP contribution in [0, 0.1) is 5.41 Å². The maximum atomic E-state index is 12.3. The number of rotatable bonds is 3. The van der Waals surface area contributed by atoms with E-state index in [2.05, 4.69) is 0 Å². The highest BCUT2D eigenvalue weighted by atomic mass is 16.6. The van der Waals surface area contributed by atoms with Crippen molar-refractivity contribution in [3.63, 3.8) is 0 Å². The molecule has 23 heavy (non-hydrogen) atoms. The molecule has 7 heteroatoms. The molecule has 2 heterocycles. The summed E-state index contributed by atoms with van der Waals surface area (Å²) in [5.74, 6) is 0.306. The minimum Gasteiger partial charge on any atom is -0.497 e. The molecule has 0 radical (unpaired) electrons. The molecule has 1 aromatic rings. The number of carbonyl (C=O) groups excluding carboxylic acids is 2. The molecule has 0 aromatic heterocycles. The summed E-state index contributed by atoms with van der Waals surface area (Å²) in [6.45, 7) is 3.83. The van der Waals surface area contributed by atoms with Gasteiger partial charge in [0.2, 0.25) is 12.2 Å². The minimum absolute atomic E-state index is 0.0142. The van der Waals surface area contributed by atoms with Gasteiger partial charge in [-0.1, -0.05) is 13.8 Å². The summed E-state index contributed by atoms with van der Waals surface area (Å²) in [6.07, 6.45) is -1.89. The molecule has 2 aliphatic heterocycles. The molecular formula is C16H18O7. The van der Waals surface area contributed by atoms with Crippen molar-refractivity contribution in [2.75, 3.05) is 20.3 Å². The lowest BCUT2D eigenvalue weighted by Crippen LogP contribution is -2.43. The van der Waals surface area contributed by atoms with E-state index < -0.39 is 29.6 Å². The van der Waals surface area contributed by atoms with Crippen LogP contribution in [0.1, 0.15) is 13.8 Å². The number of esters is 2. The summed E-state index contributed by atoms with van der Waals surface area (Å²) < 4.78 is 26.5. The maximum Gasteiger partial charge on any atom is 0.351 e. The van der Waals surface area contributed by atoms with Crippen molar-refractivity contribution in [2.45, 2.75) is 26.1 Å². The van der Waals surface area contributed by atoms with Gasteiger partial charge in [-0.2, -0.15) is 0 Å². The van der Waals surface area contributed by atoms with Crippen molar-refractivity contribution in [1.29, 1.82) is 0 Å². The molecule has 2 unspecified atom stereocenters. The third-order valence-electron chi connectivity index (χ3n) is 3.82. The first kappa shape index (κ1) is 15.5. The molecule has 1 fully saturated rings. The topological polar surface area (TPSA) is 80.3 Å². The standard InChI is InChI=1S/C16H18O7/c1-16(2)8-21-15(18)13(16)23-14(17)12-7-20-10-5-4-9(19-3)6-11(10)22-12/h4-6,12-13H,7-8H2,1-3H3. The summed E-state index contributed by atoms with van der Waals surface area (Å²) in [6, 6.07) is 5.06. The van der Waals surface area contributed by atoms with Gasteiger partial charge >= 0.3 is 11.9 Å². The Morgan fingerprint density at radius 3 is 2.70 bits per heavy atom. The zero-order valence-electron chi connectivity index (χ0n) is 13.2. The van der Waals surface area contributed by atoms with Crippen LogP contribution in [0.25, 0.3) is 0 Å². The number of ether oxygens (including phenoxy) is 5. The maximum absolute atomic E-state index is 12.3. The molecule has 1 saturated heterocycles. The van der Waals surface area contributed by atoms with Crippen LogP contribution in [-0.4, -0.2) is 44.5 Å². The highest BCUT2D eigenvalue weighted by molar-refractivity contribution is 5.83. The zero-order valence-corrected chi connectivity index (χ0v) is 13.2. The largest absolute Gasteiger partial charge is 0.497 e. The van der Waals surface area contributed by atoms with E-state index >= 15 is 0 Å². The van der Waals surface area contributed by atoms with E-state index in [1.54, 1.807) is 32.0 Å². The van der Waals surface area contributed by atoms with Gasteiger partial charge in [-0.15, -0.1) is 0 Å². The van der Waals surface area contributed by atoms with Crippen LogP contribution >= 0.6 is 0 Å². The lowest BCUT2D eigenvalue weighted by Gasteiger charge is -2.28. The van der Waals surface area contributed by atoms with Crippen molar-refractivity contribution in [3.8, 4) is 17.2 Å². The smallest absolute Gasteiger partial charge is 0.351 e. The van der Waals surface area contributed by atoms with E-state index in [-0.39, 0.29) is 13.2 Å². The van der Waals surface area contributed by atoms with Gasteiger partial charge in [0.15, 0.2) is 11.5 Å². The number of carbonyl (C=O) groups is 2. The van der Waals surface area contributed by atoms with Crippen molar-refractivity contribution in [3.05, 3.63) is 18.2 Å². The summed E-state index contributed by atoms with van der Waals surface area (Å²) in [5, 5.41) is 0. The Balaban J connectivity index is 1.70. The van der Waals surface area contributed by atoms with E-state index in [0.29, 0.717) is 17.2 Å². The molecule has 7 nitrogen and oxygen atoms in total. The van der Waals surface area contributed by atoms with Gasteiger partial charge in [-0.3, -0.25) is 0 Å². The van der Waals surface area contributed by atoms with Crippen LogP contribution in [0.3, 0.4) is 0 Å². The first-order chi connectivity index (χ1) is 10.9. The monoisotopic (exact) mass is 322 g/mol. The molecule has 0 spiro atoms. The third kappa shape index (κ3) is 2.91. The highest BCUT2D eigenvalue weighted by Gasteiger charge is 2.47. The Hall–Kier alpha value is -2.44. The van der Waals surface area contributed by atoms with E-state index in [4.69, 9.17) is 23.7 Å². The molecule has 0 amide bonds. The van der Waals surface area contributed by atoms with E-state index in [1.807, 2.05) is 0 Å². The predicted molar refractivity (Wildman–Crippen MR) is 77.5 cm³/mol. The SMILES string of the molecule is COc1ccc2c(c1)OC(C(=O)OC1C(=O)OCC1(C)C)CO2. The second-order valence-corrected chi connectivity index (χ2v) is 6.14. The molecule has 0 saturated carbocycles. The number of cyclic esters (lactones) is 1. The minimum atomic E-state index is -0.946. The normalized spacial score (nSPS) is 24.7. The van der Waals surface area contributed by atoms with Gasteiger partial charge in [0.25, 0.3) is 0 Å². The van der Waals surface area contributed by atoms with Gasteiger partial charge in [0.05, 0.1) is 7.11 Å². The zero-order chi connectivity index (χ0) is 16.6. The molecule has 2 atom stereocenters. The Morgan fingerprint density at radius 2 is 2.04 bits per heavy atom. The number of fused-ring (bicyclic) bond motifs is 1. The Kier molecular flexibility index (Phi) is 3.79. The van der Waals surface area contributed by atoms with Crippen LogP contribution in [0.2, 0.25) is 0 Å². The van der Waals surface area contributed by atoms with E-state index in [0.717, 1.165) is 0 Å². The highest BCUT2D eigenvalue weighted by Crippen LogP contribution is 2.36. The summed E-state index contributed by atoms with van der Waals surface area (Å²) in [4.78, 5) is 24.0. The quantitative estimate of drug-likeness (QED) is 0.777. The molecule has 2 aliphatic rings. The summed E-state index contributed by atoms with van der Waals surface area (Å²) in [7, 11) is 1.53. The summed E-state index contributed by atoms with van der Waals surface area (Å²) >= 11 is 0. The van der Waals surface area contributed by atoms with E-state index in [9.17, 15) is 9.59 Å². The van der Waals surface area contributed by atoms with Crippen LogP contribution in [-0.2, 0) is 19.1 Å². The molecular weight excluding hydrogens is 304 g/mol.